The second kappa shape index (κ2) is 14.3. The SMILES string of the molecule is O=C(Nc1cccc([C@H]2O[C@@H](CN3CCN(c4ncccn4)CC3)C[C@@H](c3ccc(CO)cc3)O2)c1)[C@@H]1CCCN1C(=O)C(F)(F)F. The van der Waals surface area contributed by atoms with Gasteiger partial charge in [-0.3, -0.25) is 14.5 Å². The molecule has 0 radical (unpaired) electrons. The molecule has 2 aromatic carbocycles. The van der Waals surface area contributed by atoms with Crippen molar-refractivity contribution in [1.29, 1.82) is 0 Å². The second-order valence-corrected chi connectivity index (χ2v) is 12.0. The van der Waals surface area contributed by atoms with Gasteiger partial charge in [0.05, 0.1) is 18.8 Å². The number of nitrogens with zero attached hydrogens (tertiary/aromatic N) is 5. The Morgan fingerprint density at radius 2 is 1.68 bits per heavy atom. The van der Waals surface area contributed by atoms with Crippen LogP contribution in [0.5, 0.6) is 0 Å². The van der Waals surface area contributed by atoms with E-state index in [0.717, 1.165) is 37.3 Å². The number of aromatic nitrogens is 2. The number of anilines is 2. The Kier molecular flexibility index (Phi) is 10.0. The first-order valence-electron chi connectivity index (χ1n) is 15.7. The molecule has 4 heterocycles. The molecule has 0 spiro atoms. The largest absolute Gasteiger partial charge is 0.471 e. The van der Waals surface area contributed by atoms with E-state index in [9.17, 15) is 27.9 Å². The van der Waals surface area contributed by atoms with Crippen LogP contribution in [-0.4, -0.2) is 94.3 Å². The highest BCUT2D eigenvalue weighted by Gasteiger charge is 2.47. The molecule has 0 saturated carbocycles. The number of carbonyl (C=O) groups excluding carboxylic acids is 2. The van der Waals surface area contributed by atoms with Crippen molar-refractivity contribution in [2.75, 3.05) is 49.5 Å². The summed E-state index contributed by atoms with van der Waals surface area (Å²) in [6.07, 6.45) is -1.84. The number of piperazine rings is 1. The fourth-order valence-electron chi connectivity index (χ4n) is 6.34. The molecule has 3 fully saturated rings. The molecule has 3 aliphatic heterocycles. The molecule has 1 aromatic heterocycles. The van der Waals surface area contributed by atoms with Gasteiger partial charge in [0.25, 0.3) is 0 Å². The van der Waals surface area contributed by atoms with Crippen LogP contribution in [0.1, 0.15) is 48.3 Å². The maximum absolute atomic E-state index is 13.1. The van der Waals surface area contributed by atoms with Crippen LogP contribution in [0.2, 0.25) is 0 Å². The Balaban J connectivity index is 1.15. The third kappa shape index (κ3) is 7.89. The Hall–Kier alpha value is -4.11. The van der Waals surface area contributed by atoms with E-state index in [4.69, 9.17) is 9.47 Å². The molecule has 2 amide bonds. The van der Waals surface area contributed by atoms with Gasteiger partial charge in [-0.05, 0) is 42.2 Å². The third-order valence-electron chi connectivity index (χ3n) is 8.77. The molecule has 6 rings (SSSR count). The number of likely N-dealkylation sites (tertiary alicyclic amines) is 1. The molecule has 3 aromatic rings. The smallest absolute Gasteiger partial charge is 0.392 e. The van der Waals surface area contributed by atoms with Gasteiger partial charge in [-0.25, -0.2) is 9.97 Å². The van der Waals surface area contributed by atoms with E-state index in [-0.39, 0.29) is 31.8 Å². The standard InChI is InChI=1S/C33H37F3N6O5/c34-33(35,36)31(45)42-13-2-6-27(42)29(44)39-25-5-1-4-24(18-25)30-46-26(19-28(47-30)23-9-7-22(21-43)8-10-23)20-40-14-16-41(17-15-40)32-37-11-3-12-38-32/h1,3-5,7-12,18,26-28,30,43H,2,6,13-17,19-21H2,(H,39,44)/t26-,27+,28+,30+/m1/s1. The predicted molar refractivity (Wildman–Crippen MR) is 165 cm³/mol. The van der Waals surface area contributed by atoms with Crippen LogP contribution in [0, 0.1) is 0 Å². The number of halogens is 3. The number of hydrogen-bond acceptors (Lipinski definition) is 9. The molecule has 0 bridgehead atoms. The molecular weight excluding hydrogens is 617 g/mol. The summed E-state index contributed by atoms with van der Waals surface area (Å²) in [4.78, 5) is 38.8. The fourth-order valence-corrected chi connectivity index (χ4v) is 6.34. The lowest BCUT2D eigenvalue weighted by atomic mass is 9.99. The van der Waals surface area contributed by atoms with E-state index in [1.165, 1.54) is 0 Å². The summed E-state index contributed by atoms with van der Waals surface area (Å²) in [7, 11) is 0. The lowest BCUT2D eigenvalue weighted by molar-refractivity contribution is -0.253. The minimum Gasteiger partial charge on any atom is -0.392 e. The van der Waals surface area contributed by atoms with Crippen LogP contribution in [0.3, 0.4) is 0 Å². The van der Waals surface area contributed by atoms with Crippen molar-refractivity contribution in [3.63, 3.8) is 0 Å². The van der Waals surface area contributed by atoms with Crippen LogP contribution in [0.15, 0.2) is 67.0 Å². The molecule has 14 heteroatoms. The molecule has 0 aliphatic carbocycles. The predicted octanol–water partition coefficient (Wildman–Crippen LogP) is 3.83. The monoisotopic (exact) mass is 654 g/mol. The highest BCUT2D eigenvalue weighted by Crippen LogP contribution is 2.39. The lowest BCUT2D eigenvalue weighted by Crippen LogP contribution is -2.50. The highest BCUT2D eigenvalue weighted by atomic mass is 19.4. The zero-order chi connectivity index (χ0) is 33.0. The number of ether oxygens (including phenoxy) is 2. The van der Waals surface area contributed by atoms with Crippen molar-refractivity contribution in [3.05, 3.63) is 83.7 Å². The number of hydrogen-bond donors (Lipinski definition) is 2. The number of carbonyl (C=O) groups is 2. The summed E-state index contributed by atoms with van der Waals surface area (Å²) >= 11 is 0. The molecule has 11 nitrogen and oxygen atoms in total. The minimum absolute atomic E-state index is 0.0678. The van der Waals surface area contributed by atoms with Crippen molar-refractivity contribution in [2.24, 2.45) is 0 Å². The van der Waals surface area contributed by atoms with E-state index in [2.05, 4.69) is 25.1 Å². The minimum atomic E-state index is -5.05. The summed E-state index contributed by atoms with van der Waals surface area (Å²) < 4.78 is 52.3. The van der Waals surface area contributed by atoms with Crippen molar-refractivity contribution in [2.45, 2.75) is 56.6 Å². The van der Waals surface area contributed by atoms with Gasteiger partial charge in [-0.15, -0.1) is 0 Å². The van der Waals surface area contributed by atoms with Crippen molar-refractivity contribution in [1.82, 2.24) is 19.8 Å². The first kappa shape index (κ1) is 32.8. The zero-order valence-electron chi connectivity index (χ0n) is 25.7. The van der Waals surface area contributed by atoms with Crippen molar-refractivity contribution >= 4 is 23.5 Å². The van der Waals surface area contributed by atoms with Gasteiger partial charge in [-0.2, -0.15) is 13.2 Å². The van der Waals surface area contributed by atoms with Crippen LogP contribution < -0.4 is 10.2 Å². The van der Waals surface area contributed by atoms with Crippen LogP contribution in [-0.2, 0) is 25.7 Å². The third-order valence-corrected chi connectivity index (χ3v) is 8.77. The second-order valence-electron chi connectivity index (χ2n) is 12.0. The van der Waals surface area contributed by atoms with E-state index >= 15 is 0 Å². The molecule has 47 heavy (non-hydrogen) atoms. The van der Waals surface area contributed by atoms with Gasteiger partial charge < -0.3 is 29.7 Å². The van der Waals surface area contributed by atoms with Crippen molar-refractivity contribution in [3.8, 4) is 0 Å². The van der Waals surface area contributed by atoms with Gasteiger partial charge in [0, 0.05) is 69.3 Å². The highest BCUT2D eigenvalue weighted by molar-refractivity contribution is 5.98. The Morgan fingerprint density at radius 3 is 2.38 bits per heavy atom. The first-order valence-corrected chi connectivity index (χ1v) is 15.7. The fraction of sp³-hybridized carbons (Fsp3) is 0.455. The van der Waals surface area contributed by atoms with E-state index in [1.54, 1.807) is 36.7 Å². The molecule has 2 N–H and O–H groups in total. The van der Waals surface area contributed by atoms with Crippen LogP contribution in [0.25, 0.3) is 0 Å². The average molecular weight is 655 g/mol. The van der Waals surface area contributed by atoms with Gasteiger partial charge in [0.2, 0.25) is 11.9 Å². The number of rotatable bonds is 8. The number of alkyl halides is 3. The molecule has 3 aliphatic rings. The number of amides is 2. The van der Waals surface area contributed by atoms with E-state index in [1.807, 2.05) is 30.3 Å². The summed E-state index contributed by atoms with van der Waals surface area (Å²) in [5.74, 6) is -1.98. The Labute approximate surface area is 270 Å². The maximum atomic E-state index is 13.1. The van der Waals surface area contributed by atoms with E-state index in [0.29, 0.717) is 41.5 Å². The first-order chi connectivity index (χ1) is 22.7. The van der Waals surface area contributed by atoms with Crippen LogP contribution in [0.4, 0.5) is 24.8 Å². The number of nitrogens with one attached hydrogen (secondary N) is 1. The molecular formula is C33H37F3N6O5. The average Bonchev–Trinajstić information content (AvgIpc) is 3.58. The topological polar surface area (TPSA) is 120 Å². The summed E-state index contributed by atoms with van der Waals surface area (Å²) in [5.41, 5.74) is 2.71. The normalized spacial score (nSPS) is 23.9. The van der Waals surface area contributed by atoms with Gasteiger partial charge in [0.15, 0.2) is 6.29 Å². The number of aliphatic hydroxyl groups is 1. The summed E-state index contributed by atoms with van der Waals surface area (Å²) in [5, 5.41) is 12.2. The molecule has 0 unspecified atom stereocenters. The van der Waals surface area contributed by atoms with Gasteiger partial charge in [-0.1, -0.05) is 36.4 Å². The molecule has 4 atom stereocenters. The summed E-state index contributed by atoms with van der Waals surface area (Å²) in [6.45, 7) is 3.62. The lowest BCUT2D eigenvalue weighted by Gasteiger charge is -2.40. The van der Waals surface area contributed by atoms with Crippen molar-refractivity contribution < 1.29 is 37.3 Å². The Bertz CT molecular complexity index is 1520. The van der Waals surface area contributed by atoms with Crippen LogP contribution >= 0.6 is 0 Å². The number of benzene rings is 2. The Morgan fingerprint density at radius 1 is 0.936 bits per heavy atom. The zero-order valence-corrected chi connectivity index (χ0v) is 25.7. The molecule has 250 valence electrons. The summed E-state index contributed by atoms with van der Waals surface area (Å²) in [6, 6.07) is 15.0. The molecule has 3 saturated heterocycles. The number of aliphatic hydroxyl groups excluding tert-OH is 1. The quantitative estimate of drug-likeness (QED) is 0.374. The maximum Gasteiger partial charge on any atom is 0.471 e. The van der Waals surface area contributed by atoms with E-state index < -0.39 is 30.3 Å². The van der Waals surface area contributed by atoms with Gasteiger partial charge in [0.1, 0.15) is 6.04 Å². The van der Waals surface area contributed by atoms with Gasteiger partial charge >= 0.3 is 12.1 Å².